The number of nitrogens with two attached hydrogens (primary N) is 1. The lowest BCUT2D eigenvalue weighted by Crippen LogP contribution is -2.52. The van der Waals surface area contributed by atoms with Gasteiger partial charge in [0, 0.05) is 24.7 Å². The van der Waals surface area contributed by atoms with Gasteiger partial charge in [-0.25, -0.2) is 4.98 Å². The molecule has 8 heteroatoms. The summed E-state index contributed by atoms with van der Waals surface area (Å²) in [6.45, 7) is 3.72. The van der Waals surface area contributed by atoms with Crippen molar-refractivity contribution in [3.8, 4) is 0 Å². The summed E-state index contributed by atoms with van der Waals surface area (Å²) in [5.41, 5.74) is 10.00. The molecule has 0 unspecified atom stereocenters. The second-order valence-electron chi connectivity index (χ2n) is 12.7. The highest BCUT2D eigenvalue weighted by atomic mass is 16.5. The molecule has 0 radical (unpaired) electrons. The maximum atomic E-state index is 14.3. The van der Waals surface area contributed by atoms with E-state index in [0.717, 1.165) is 22.3 Å². The summed E-state index contributed by atoms with van der Waals surface area (Å²) >= 11 is 0. The number of carbonyl (C=O) groups excluding carboxylic acids is 3. The number of rotatable bonds is 15. The Labute approximate surface area is 288 Å². The van der Waals surface area contributed by atoms with E-state index in [1.165, 1.54) is 7.11 Å². The number of esters is 1. The van der Waals surface area contributed by atoms with Crippen molar-refractivity contribution in [3.63, 3.8) is 0 Å². The molecule has 0 bridgehead atoms. The first-order valence-electron chi connectivity index (χ1n) is 16.6. The lowest BCUT2D eigenvalue weighted by molar-refractivity contribution is -0.147. The van der Waals surface area contributed by atoms with Crippen molar-refractivity contribution in [2.45, 2.75) is 50.7 Å². The summed E-state index contributed by atoms with van der Waals surface area (Å²) in [7, 11) is 1.32. The van der Waals surface area contributed by atoms with Gasteiger partial charge in [0.05, 0.1) is 31.4 Å². The van der Waals surface area contributed by atoms with Crippen LogP contribution in [0, 0.1) is 11.8 Å². The van der Waals surface area contributed by atoms with Gasteiger partial charge in [0.25, 0.3) is 0 Å². The van der Waals surface area contributed by atoms with Gasteiger partial charge in [-0.3, -0.25) is 14.4 Å². The van der Waals surface area contributed by atoms with E-state index in [2.05, 4.69) is 51.3 Å². The van der Waals surface area contributed by atoms with Gasteiger partial charge in [0.1, 0.15) is 5.54 Å². The third-order valence-corrected chi connectivity index (χ3v) is 9.10. The molecule has 1 heterocycles. The van der Waals surface area contributed by atoms with Crippen LogP contribution < -0.4 is 11.1 Å². The summed E-state index contributed by atoms with van der Waals surface area (Å²) < 4.78 is 7.21. The topological polar surface area (TPSA) is 116 Å². The Balaban J connectivity index is 1.60. The molecule has 3 atom stereocenters. The SMILES string of the molecule is COC(=O)[C@@H](CC(=O)[C@H](Cc1cncn1C(c1ccccc1)(c1ccccc1)c1ccccc1)NC(=O)[C@@H](N)C(C)C)Cc1ccccc1. The molecule has 0 aliphatic heterocycles. The first-order valence-corrected chi connectivity index (χ1v) is 16.6. The Hall–Kier alpha value is -5.34. The Morgan fingerprint density at radius 3 is 1.73 bits per heavy atom. The van der Waals surface area contributed by atoms with Crippen molar-refractivity contribution in [1.82, 2.24) is 14.9 Å². The number of ether oxygens (including phenoxy) is 1. The monoisotopic (exact) mass is 656 g/mol. The predicted molar refractivity (Wildman–Crippen MR) is 191 cm³/mol. The molecule has 0 aliphatic rings. The third-order valence-electron chi connectivity index (χ3n) is 9.10. The van der Waals surface area contributed by atoms with E-state index in [9.17, 15) is 14.4 Å². The average molecular weight is 657 g/mol. The van der Waals surface area contributed by atoms with Crippen LogP contribution in [-0.2, 0) is 37.5 Å². The molecular weight excluding hydrogens is 612 g/mol. The summed E-state index contributed by atoms with van der Waals surface area (Å²) in [5.74, 6) is -2.10. The minimum Gasteiger partial charge on any atom is -0.469 e. The highest BCUT2D eigenvalue weighted by Crippen LogP contribution is 2.41. The van der Waals surface area contributed by atoms with Crippen molar-refractivity contribution in [1.29, 1.82) is 0 Å². The van der Waals surface area contributed by atoms with Crippen LogP contribution in [0.3, 0.4) is 0 Å². The van der Waals surface area contributed by atoms with Gasteiger partial charge in [0.15, 0.2) is 5.78 Å². The van der Waals surface area contributed by atoms with Crippen molar-refractivity contribution in [2.24, 2.45) is 17.6 Å². The van der Waals surface area contributed by atoms with Crippen molar-refractivity contribution in [2.75, 3.05) is 7.11 Å². The molecule has 4 aromatic carbocycles. The van der Waals surface area contributed by atoms with E-state index in [0.29, 0.717) is 12.1 Å². The van der Waals surface area contributed by atoms with Crippen molar-refractivity contribution in [3.05, 3.63) is 162 Å². The minimum absolute atomic E-state index is 0.114. The molecule has 5 aromatic rings. The Kier molecular flexibility index (Phi) is 11.5. The Morgan fingerprint density at radius 1 is 0.776 bits per heavy atom. The number of imidazole rings is 1. The second kappa shape index (κ2) is 16.2. The first kappa shape index (κ1) is 35.0. The Morgan fingerprint density at radius 2 is 1.27 bits per heavy atom. The van der Waals surface area contributed by atoms with E-state index in [1.54, 1.807) is 12.5 Å². The molecule has 5 rings (SSSR count). The smallest absolute Gasteiger partial charge is 0.309 e. The van der Waals surface area contributed by atoms with Gasteiger partial charge in [-0.15, -0.1) is 0 Å². The average Bonchev–Trinajstić information content (AvgIpc) is 3.60. The summed E-state index contributed by atoms with van der Waals surface area (Å²) in [6.07, 6.45) is 3.82. The zero-order chi connectivity index (χ0) is 34.8. The zero-order valence-corrected chi connectivity index (χ0v) is 28.2. The maximum absolute atomic E-state index is 14.3. The molecule has 0 aliphatic carbocycles. The Bertz CT molecular complexity index is 1710. The number of ketones is 1. The molecule has 49 heavy (non-hydrogen) atoms. The molecule has 1 aromatic heterocycles. The minimum atomic E-state index is -0.990. The van der Waals surface area contributed by atoms with E-state index in [1.807, 2.05) is 98.8 Å². The fourth-order valence-electron chi connectivity index (χ4n) is 6.45. The largest absolute Gasteiger partial charge is 0.469 e. The molecule has 3 N–H and O–H groups in total. The normalized spacial score (nSPS) is 13.3. The lowest BCUT2D eigenvalue weighted by atomic mass is 9.76. The fraction of sp³-hybridized carbons (Fsp3) is 0.268. The highest BCUT2D eigenvalue weighted by Gasteiger charge is 2.40. The number of benzene rings is 4. The molecule has 0 spiro atoms. The number of methoxy groups -OCH3 is 1. The van der Waals surface area contributed by atoms with Gasteiger partial charge in [0.2, 0.25) is 5.91 Å². The second-order valence-corrected chi connectivity index (χ2v) is 12.7. The van der Waals surface area contributed by atoms with Gasteiger partial charge in [-0.05, 0) is 34.6 Å². The lowest BCUT2D eigenvalue weighted by Gasteiger charge is -2.39. The summed E-state index contributed by atoms with van der Waals surface area (Å²) in [6, 6.07) is 38.2. The summed E-state index contributed by atoms with van der Waals surface area (Å²) in [5, 5.41) is 2.95. The number of nitrogens with one attached hydrogen (secondary N) is 1. The van der Waals surface area contributed by atoms with Crippen LogP contribution in [0.2, 0.25) is 0 Å². The first-order chi connectivity index (χ1) is 23.7. The van der Waals surface area contributed by atoms with Crippen LogP contribution in [0.4, 0.5) is 0 Å². The molecular formula is C41H44N4O4. The van der Waals surface area contributed by atoms with E-state index < -0.39 is 35.4 Å². The van der Waals surface area contributed by atoms with Crippen molar-refractivity contribution >= 4 is 17.7 Å². The number of nitrogens with zero attached hydrogens (tertiary/aromatic N) is 2. The number of carbonyl (C=O) groups is 3. The van der Waals surface area contributed by atoms with Crippen LogP contribution in [0.15, 0.2) is 134 Å². The van der Waals surface area contributed by atoms with Gasteiger partial charge in [-0.2, -0.15) is 0 Å². The molecule has 252 valence electrons. The molecule has 0 saturated carbocycles. The van der Waals surface area contributed by atoms with Crippen LogP contribution in [0.1, 0.15) is 48.2 Å². The van der Waals surface area contributed by atoms with Crippen LogP contribution >= 0.6 is 0 Å². The zero-order valence-electron chi connectivity index (χ0n) is 28.2. The third kappa shape index (κ3) is 7.87. The number of Topliss-reactive ketones (excluding diaryl/α,β-unsaturated/α-hetero) is 1. The number of amides is 1. The van der Waals surface area contributed by atoms with Crippen LogP contribution in [-0.4, -0.2) is 46.4 Å². The fourth-order valence-corrected chi connectivity index (χ4v) is 6.45. The molecule has 1 amide bonds. The summed E-state index contributed by atoms with van der Waals surface area (Å²) in [4.78, 5) is 45.3. The van der Waals surface area contributed by atoms with Gasteiger partial charge < -0.3 is 20.4 Å². The van der Waals surface area contributed by atoms with Crippen molar-refractivity contribution < 1.29 is 19.1 Å². The molecule has 0 saturated heterocycles. The van der Waals surface area contributed by atoms with Crippen LogP contribution in [0.25, 0.3) is 0 Å². The standard InChI is InChI=1S/C41H44N4O4/c1-29(2)38(42)39(47)44-36(37(46)25-31(40(48)49-3)24-30-16-8-4-9-17-30)26-35-27-43-28-45(35)41(32-18-10-5-11-19-32,33-20-12-6-13-21-33)34-22-14-7-15-23-34/h4-23,27-29,31,36,38H,24-26,42H2,1-3H3,(H,44,47)/t31-,36+,38+/m1/s1. The number of aromatic nitrogens is 2. The maximum Gasteiger partial charge on any atom is 0.309 e. The molecule has 0 fully saturated rings. The number of hydrogen-bond donors (Lipinski definition) is 2. The number of hydrogen-bond acceptors (Lipinski definition) is 6. The van der Waals surface area contributed by atoms with Crippen LogP contribution in [0.5, 0.6) is 0 Å². The van der Waals surface area contributed by atoms with E-state index in [-0.39, 0.29) is 24.5 Å². The van der Waals surface area contributed by atoms with E-state index in [4.69, 9.17) is 10.5 Å². The quantitative estimate of drug-likeness (QED) is 0.110. The van der Waals surface area contributed by atoms with Gasteiger partial charge in [-0.1, -0.05) is 135 Å². The molecule has 8 nitrogen and oxygen atoms in total. The highest BCUT2D eigenvalue weighted by molar-refractivity contribution is 5.93. The van der Waals surface area contributed by atoms with Gasteiger partial charge >= 0.3 is 5.97 Å². The van der Waals surface area contributed by atoms with E-state index >= 15 is 0 Å². The predicted octanol–water partition coefficient (Wildman–Crippen LogP) is 5.73.